The van der Waals surface area contributed by atoms with E-state index in [0.717, 1.165) is 19.0 Å². The van der Waals surface area contributed by atoms with Gasteiger partial charge in [-0.2, -0.15) is 11.8 Å². The highest BCUT2D eigenvalue weighted by molar-refractivity contribution is 7.99. The third kappa shape index (κ3) is 3.47. The molecule has 0 aromatic carbocycles. The quantitative estimate of drug-likeness (QED) is 0.830. The van der Waals surface area contributed by atoms with Crippen LogP contribution < -0.4 is 5.32 Å². The number of hydrogen-bond donors (Lipinski definition) is 1. The standard InChI is InChI=1S/C11H18N2S2/c1-8(14-2)5-12-6-10-7-15-11(13-10)9-3-4-9/h7-9,12H,3-6H2,1-2H3. The predicted octanol–water partition coefficient (Wildman–Crippen LogP) is 2.86. The second kappa shape index (κ2) is 5.32. The van der Waals surface area contributed by atoms with Gasteiger partial charge in [-0.3, -0.25) is 0 Å². The highest BCUT2D eigenvalue weighted by Crippen LogP contribution is 2.41. The smallest absolute Gasteiger partial charge is 0.0959 e. The topological polar surface area (TPSA) is 24.9 Å². The Hall–Kier alpha value is -0.0600. The third-order valence-corrected chi connectivity index (χ3v) is 4.66. The van der Waals surface area contributed by atoms with Gasteiger partial charge in [0.05, 0.1) is 10.7 Å². The average Bonchev–Trinajstić information content (AvgIpc) is 2.99. The molecule has 1 aromatic heterocycles. The van der Waals surface area contributed by atoms with Crippen LogP contribution in [0.25, 0.3) is 0 Å². The van der Waals surface area contributed by atoms with Crippen molar-refractivity contribution in [3.05, 3.63) is 16.1 Å². The predicted molar refractivity (Wildman–Crippen MR) is 68.8 cm³/mol. The molecule has 1 heterocycles. The summed E-state index contributed by atoms with van der Waals surface area (Å²) < 4.78 is 0. The third-order valence-electron chi connectivity index (χ3n) is 2.64. The van der Waals surface area contributed by atoms with Gasteiger partial charge in [0.1, 0.15) is 0 Å². The summed E-state index contributed by atoms with van der Waals surface area (Å²) in [7, 11) is 0. The van der Waals surface area contributed by atoms with Crippen LogP contribution in [0.15, 0.2) is 5.38 Å². The van der Waals surface area contributed by atoms with E-state index < -0.39 is 0 Å². The van der Waals surface area contributed by atoms with Gasteiger partial charge in [-0.1, -0.05) is 6.92 Å². The average molecular weight is 242 g/mol. The maximum absolute atomic E-state index is 4.64. The molecule has 0 saturated heterocycles. The minimum absolute atomic E-state index is 0.687. The van der Waals surface area contributed by atoms with Gasteiger partial charge in [0, 0.05) is 29.6 Å². The van der Waals surface area contributed by atoms with Crippen molar-refractivity contribution in [2.45, 2.75) is 37.5 Å². The van der Waals surface area contributed by atoms with Crippen molar-refractivity contribution in [3.8, 4) is 0 Å². The Labute approximate surface area is 99.9 Å². The maximum atomic E-state index is 4.64. The summed E-state index contributed by atoms with van der Waals surface area (Å²) in [6.45, 7) is 4.24. The molecule has 1 atom stereocenters. The highest BCUT2D eigenvalue weighted by atomic mass is 32.2. The van der Waals surface area contributed by atoms with Gasteiger partial charge >= 0.3 is 0 Å². The number of aromatic nitrogens is 1. The molecule has 2 nitrogen and oxygen atoms in total. The normalized spacial score (nSPS) is 18.0. The Balaban J connectivity index is 1.73. The van der Waals surface area contributed by atoms with Crippen molar-refractivity contribution >= 4 is 23.1 Å². The van der Waals surface area contributed by atoms with Crippen molar-refractivity contribution < 1.29 is 0 Å². The summed E-state index contributed by atoms with van der Waals surface area (Å²) >= 11 is 3.73. The summed E-state index contributed by atoms with van der Waals surface area (Å²) in [5.74, 6) is 0.800. The molecule has 84 valence electrons. The first-order chi connectivity index (χ1) is 7.29. The molecule has 1 aromatic rings. The van der Waals surface area contributed by atoms with Crippen molar-refractivity contribution in [1.82, 2.24) is 10.3 Å². The molecule has 0 aliphatic heterocycles. The van der Waals surface area contributed by atoms with Crippen LogP contribution in [0.2, 0.25) is 0 Å². The molecule has 2 rings (SSSR count). The zero-order valence-corrected chi connectivity index (χ0v) is 11.0. The molecule has 0 radical (unpaired) electrons. The zero-order chi connectivity index (χ0) is 10.7. The van der Waals surface area contributed by atoms with Crippen molar-refractivity contribution in [1.29, 1.82) is 0 Å². The van der Waals surface area contributed by atoms with Gasteiger partial charge in [-0.05, 0) is 19.1 Å². The second-order valence-electron chi connectivity index (χ2n) is 4.13. The molecular formula is C11H18N2S2. The first kappa shape index (κ1) is 11.4. The van der Waals surface area contributed by atoms with Crippen LogP contribution in [0.4, 0.5) is 0 Å². The molecule has 4 heteroatoms. The first-order valence-corrected chi connectivity index (χ1v) is 7.64. The fourth-order valence-corrected chi connectivity index (χ4v) is 2.68. The maximum Gasteiger partial charge on any atom is 0.0959 e. The fraction of sp³-hybridized carbons (Fsp3) is 0.727. The molecule has 0 bridgehead atoms. The number of nitrogens with zero attached hydrogens (tertiary/aromatic N) is 1. The number of hydrogen-bond acceptors (Lipinski definition) is 4. The molecule has 1 unspecified atom stereocenters. The molecule has 15 heavy (non-hydrogen) atoms. The van der Waals surface area contributed by atoms with Crippen LogP contribution in [-0.4, -0.2) is 23.0 Å². The minimum atomic E-state index is 0.687. The Morgan fingerprint density at radius 1 is 1.67 bits per heavy atom. The van der Waals surface area contributed by atoms with Crippen LogP contribution >= 0.6 is 23.1 Å². The van der Waals surface area contributed by atoms with E-state index >= 15 is 0 Å². The molecule has 1 saturated carbocycles. The lowest BCUT2D eigenvalue weighted by Crippen LogP contribution is -2.22. The van der Waals surface area contributed by atoms with Crippen LogP contribution in [-0.2, 0) is 6.54 Å². The first-order valence-electron chi connectivity index (χ1n) is 5.47. The summed E-state index contributed by atoms with van der Waals surface area (Å²) in [4.78, 5) is 4.64. The number of nitrogens with one attached hydrogen (secondary N) is 1. The van der Waals surface area contributed by atoms with Crippen LogP contribution in [0, 0.1) is 0 Å². The van der Waals surface area contributed by atoms with Crippen molar-refractivity contribution in [2.75, 3.05) is 12.8 Å². The zero-order valence-electron chi connectivity index (χ0n) is 9.32. The van der Waals surface area contributed by atoms with Crippen molar-refractivity contribution in [2.24, 2.45) is 0 Å². The molecular weight excluding hydrogens is 224 g/mol. The lowest BCUT2D eigenvalue weighted by Gasteiger charge is -2.07. The fourth-order valence-electron chi connectivity index (χ4n) is 1.41. The Morgan fingerprint density at radius 2 is 2.47 bits per heavy atom. The van der Waals surface area contributed by atoms with Crippen molar-refractivity contribution in [3.63, 3.8) is 0 Å². The Morgan fingerprint density at radius 3 is 3.13 bits per heavy atom. The molecule has 1 fully saturated rings. The van der Waals surface area contributed by atoms with E-state index in [9.17, 15) is 0 Å². The summed E-state index contributed by atoms with van der Waals surface area (Å²) in [5, 5.41) is 7.69. The van der Waals surface area contributed by atoms with Crippen LogP contribution in [0.3, 0.4) is 0 Å². The summed E-state index contributed by atoms with van der Waals surface area (Å²) in [5.41, 5.74) is 1.22. The molecule has 1 aliphatic rings. The Kier molecular flexibility index (Phi) is 4.05. The van der Waals surface area contributed by atoms with E-state index in [-0.39, 0.29) is 0 Å². The largest absolute Gasteiger partial charge is 0.310 e. The van der Waals surface area contributed by atoms with Gasteiger partial charge in [-0.25, -0.2) is 4.98 Å². The summed E-state index contributed by atoms with van der Waals surface area (Å²) in [6, 6.07) is 0. The lowest BCUT2D eigenvalue weighted by molar-refractivity contribution is 0.674. The molecule has 1 N–H and O–H groups in total. The molecule has 0 amide bonds. The van der Waals surface area contributed by atoms with E-state index in [1.54, 1.807) is 0 Å². The lowest BCUT2D eigenvalue weighted by atomic mass is 10.4. The minimum Gasteiger partial charge on any atom is -0.310 e. The van der Waals surface area contributed by atoms with E-state index in [1.165, 1.54) is 23.5 Å². The number of thioether (sulfide) groups is 1. The highest BCUT2D eigenvalue weighted by Gasteiger charge is 2.26. The van der Waals surface area contributed by atoms with Gasteiger partial charge in [-0.15, -0.1) is 11.3 Å². The molecule has 1 aliphatic carbocycles. The molecule has 0 spiro atoms. The van der Waals surface area contributed by atoms with E-state index in [0.29, 0.717) is 5.25 Å². The number of rotatable bonds is 6. The van der Waals surface area contributed by atoms with Gasteiger partial charge in [0.15, 0.2) is 0 Å². The second-order valence-corrected chi connectivity index (χ2v) is 6.29. The Bertz CT molecular complexity index is 307. The van der Waals surface area contributed by atoms with Gasteiger partial charge in [0.2, 0.25) is 0 Å². The van der Waals surface area contributed by atoms with E-state index in [4.69, 9.17) is 0 Å². The SMILES string of the molecule is CSC(C)CNCc1csc(C2CC2)n1. The number of thiazole rings is 1. The summed E-state index contributed by atoms with van der Waals surface area (Å²) in [6.07, 6.45) is 4.86. The van der Waals surface area contributed by atoms with Gasteiger partial charge in [0.25, 0.3) is 0 Å². The van der Waals surface area contributed by atoms with Crippen LogP contribution in [0.5, 0.6) is 0 Å². The van der Waals surface area contributed by atoms with E-state index in [2.05, 4.69) is 28.9 Å². The van der Waals surface area contributed by atoms with Crippen LogP contribution in [0.1, 0.15) is 36.4 Å². The van der Waals surface area contributed by atoms with Gasteiger partial charge < -0.3 is 5.32 Å². The monoisotopic (exact) mass is 242 g/mol. The van der Waals surface area contributed by atoms with E-state index in [1.807, 2.05) is 23.1 Å².